The van der Waals surface area contributed by atoms with Crippen molar-refractivity contribution in [3.8, 4) is 10.6 Å². The van der Waals surface area contributed by atoms with E-state index in [2.05, 4.69) is 4.98 Å². The van der Waals surface area contributed by atoms with Gasteiger partial charge in [0.05, 0.1) is 24.3 Å². The predicted molar refractivity (Wildman–Crippen MR) is 80.4 cm³/mol. The molecule has 7 heteroatoms. The molecule has 1 amide bonds. The molecule has 1 saturated heterocycles. The molecule has 1 aliphatic rings. The third kappa shape index (κ3) is 2.76. The first-order chi connectivity index (χ1) is 10.6. The van der Waals surface area contributed by atoms with Crippen LogP contribution in [0.3, 0.4) is 0 Å². The van der Waals surface area contributed by atoms with Gasteiger partial charge in [0.2, 0.25) is 5.91 Å². The lowest BCUT2D eigenvalue weighted by atomic mass is 10.0. The van der Waals surface area contributed by atoms with Crippen molar-refractivity contribution in [2.24, 2.45) is 5.92 Å². The van der Waals surface area contributed by atoms with Crippen LogP contribution in [0.2, 0.25) is 0 Å². The number of rotatable bonds is 4. The van der Waals surface area contributed by atoms with Crippen LogP contribution < -0.4 is 0 Å². The summed E-state index contributed by atoms with van der Waals surface area (Å²) in [6, 6.07) is 1.56. The molecule has 0 saturated carbocycles. The van der Waals surface area contributed by atoms with E-state index in [0.29, 0.717) is 18.7 Å². The van der Waals surface area contributed by atoms with Crippen molar-refractivity contribution in [1.82, 2.24) is 9.88 Å². The zero-order valence-corrected chi connectivity index (χ0v) is 12.9. The fraction of sp³-hybridized carbons (Fsp3) is 0.400. The predicted octanol–water partition coefficient (Wildman–Crippen LogP) is 2.27. The number of aliphatic carboxylic acids is 1. The molecule has 2 aromatic rings. The van der Waals surface area contributed by atoms with E-state index in [1.807, 2.05) is 11.4 Å². The highest BCUT2D eigenvalue weighted by atomic mass is 32.1. The highest BCUT2D eigenvalue weighted by Gasteiger charge is 2.37. The van der Waals surface area contributed by atoms with Crippen LogP contribution in [-0.2, 0) is 16.0 Å². The van der Waals surface area contributed by atoms with E-state index in [4.69, 9.17) is 9.52 Å². The molecule has 2 atom stereocenters. The lowest BCUT2D eigenvalue weighted by molar-refractivity contribution is -0.143. The zero-order valence-electron chi connectivity index (χ0n) is 12.1. The standard InChI is InChI=1S/C15H16N2O4S/c1-9-12(15(19)20)2-4-17(9)13(18)6-11-8-22-14(16-11)10-3-5-21-7-10/h3,5,7-9,12H,2,4,6H2,1H3,(H,19,20). The lowest BCUT2D eigenvalue weighted by Gasteiger charge is -2.22. The molecule has 3 heterocycles. The van der Waals surface area contributed by atoms with Gasteiger partial charge in [-0.15, -0.1) is 11.3 Å². The lowest BCUT2D eigenvalue weighted by Crippen LogP contribution is -2.38. The number of carbonyl (C=O) groups excluding carboxylic acids is 1. The van der Waals surface area contributed by atoms with Gasteiger partial charge in [-0.3, -0.25) is 9.59 Å². The molecule has 3 rings (SSSR count). The van der Waals surface area contributed by atoms with Crippen molar-refractivity contribution in [1.29, 1.82) is 0 Å². The molecule has 2 unspecified atom stereocenters. The van der Waals surface area contributed by atoms with E-state index in [9.17, 15) is 9.59 Å². The van der Waals surface area contributed by atoms with E-state index in [0.717, 1.165) is 10.6 Å². The summed E-state index contributed by atoms with van der Waals surface area (Å²) < 4.78 is 5.02. The second-order valence-electron chi connectivity index (χ2n) is 5.39. The van der Waals surface area contributed by atoms with Gasteiger partial charge in [-0.1, -0.05) is 0 Å². The number of carbonyl (C=O) groups is 2. The molecule has 2 aromatic heterocycles. The van der Waals surface area contributed by atoms with E-state index < -0.39 is 11.9 Å². The molecule has 116 valence electrons. The molecule has 22 heavy (non-hydrogen) atoms. The highest BCUT2D eigenvalue weighted by Crippen LogP contribution is 2.27. The summed E-state index contributed by atoms with van der Waals surface area (Å²) >= 11 is 1.46. The quantitative estimate of drug-likeness (QED) is 0.934. The van der Waals surface area contributed by atoms with E-state index >= 15 is 0 Å². The second-order valence-corrected chi connectivity index (χ2v) is 6.25. The Labute approximate surface area is 131 Å². The molecule has 1 aliphatic heterocycles. The molecular formula is C15H16N2O4S. The van der Waals surface area contributed by atoms with Crippen molar-refractivity contribution < 1.29 is 19.1 Å². The number of carboxylic acids is 1. The average Bonchev–Trinajstić information content (AvgIpc) is 3.16. The molecule has 1 N–H and O–H groups in total. The first-order valence-electron chi connectivity index (χ1n) is 7.05. The van der Waals surface area contributed by atoms with Crippen molar-refractivity contribution in [2.45, 2.75) is 25.8 Å². The summed E-state index contributed by atoms with van der Waals surface area (Å²) in [5.74, 6) is -1.38. The molecule has 0 aromatic carbocycles. The Morgan fingerprint density at radius 2 is 2.36 bits per heavy atom. The number of hydrogen-bond acceptors (Lipinski definition) is 5. The normalized spacial score (nSPS) is 21.2. The number of thiazole rings is 1. The summed E-state index contributed by atoms with van der Waals surface area (Å²) in [7, 11) is 0. The summed E-state index contributed by atoms with van der Waals surface area (Å²) in [5.41, 5.74) is 1.60. The Hall–Kier alpha value is -2.15. The zero-order chi connectivity index (χ0) is 15.7. The Kier molecular flexibility index (Phi) is 3.98. The minimum atomic E-state index is -0.835. The van der Waals surface area contributed by atoms with Crippen molar-refractivity contribution in [2.75, 3.05) is 6.54 Å². The highest BCUT2D eigenvalue weighted by molar-refractivity contribution is 7.13. The summed E-state index contributed by atoms with van der Waals surface area (Å²) in [5, 5.41) is 11.8. The first-order valence-corrected chi connectivity index (χ1v) is 7.93. The fourth-order valence-electron chi connectivity index (χ4n) is 2.79. The number of likely N-dealkylation sites (tertiary alicyclic amines) is 1. The van der Waals surface area contributed by atoms with E-state index in [1.54, 1.807) is 24.3 Å². The molecule has 0 spiro atoms. The van der Waals surface area contributed by atoms with Gasteiger partial charge in [-0.05, 0) is 19.4 Å². The van der Waals surface area contributed by atoms with Crippen LogP contribution in [0.5, 0.6) is 0 Å². The maximum atomic E-state index is 12.4. The fourth-order valence-corrected chi connectivity index (χ4v) is 3.59. The maximum Gasteiger partial charge on any atom is 0.308 e. The molecule has 6 nitrogen and oxygen atoms in total. The smallest absolute Gasteiger partial charge is 0.308 e. The number of amides is 1. The number of carboxylic acid groups (broad SMARTS) is 1. The van der Waals surface area contributed by atoms with Gasteiger partial charge in [0.25, 0.3) is 0 Å². The summed E-state index contributed by atoms with van der Waals surface area (Å²) in [6.07, 6.45) is 3.91. The minimum absolute atomic E-state index is 0.0692. The van der Waals surface area contributed by atoms with Crippen LogP contribution in [0.1, 0.15) is 19.0 Å². The van der Waals surface area contributed by atoms with Crippen LogP contribution >= 0.6 is 11.3 Å². The topological polar surface area (TPSA) is 83.6 Å². The monoisotopic (exact) mass is 320 g/mol. The van der Waals surface area contributed by atoms with Crippen molar-refractivity contribution in [3.05, 3.63) is 29.7 Å². The van der Waals surface area contributed by atoms with Crippen LogP contribution in [-0.4, -0.2) is 39.5 Å². The number of furan rings is 1. The van der Waals surface area contributed by atoms with Crippen molar-refractivity contribution in [3.63, 3.8) is 0 Å². The van der Waals surface area contributed by atoms with Crippen LogP contribution in [0, 0.1) is 5.92 Å². The summed E-state index contributed by atoms with van der Waals surface area (Å²) in [6.45, 7) is 2.29. The third-order valence-corrected chi connectivity index (χ3v) is 4.98. The van der Waals surface area contributed by atoms with Gasteiger partial charge >= 0.3 is 5.97 Å². The Morgan fingerprint density at radius 1 is 1.55 bits per heavy atom. The first kappa shape index (κ1) is 14.8. The van der Waals surface area contributed by atoms with Crippen molar-refractivity contribution >= 4 is 23.2 Å². The van der Waals surface area contributed by atoms with Gasteiger partial charge in [0.15, 0.2) is 0 Å². The number of hydrogen-bond donors (Lipinski definition) is 1. The SMILES string of the molecule is CC1C(C(=O)O)CCN1C(=O)Cc1csc(-c2ccoc2)n1. The van der Waals surface area contributed by atoms with Gasteiger partial charge < -0.3 is 14.4 Å². The maximum absolute atomic E-state index is 12.4. The molecule has 1 fully saturated rings. The van der Waals surface area contributed by atoms with Crippen LogP contribution in [0.25, 0.3) is 10.6 Å². The van der Waals surface area contributed by atoms with Gasteiger partial charge in [-0.25, -0.2) is 4.98 Å². The van der Waals surface area contributed by atoms with E-state index in [1.165, 1.54) is 11.3 Å². The Balaban J connectivity index is 1.66. The summed E-state index contributed by atoms with van der Waals surface area (Å²) in [4.78, 5) is 29.6. The van der Waals surface area contributed by atoms with Crippen LogP contribution in [0.4, 0.5) is 0 Å². The van der Waals surface area contributed by atoms with Gasteiger partial charge in [0.1, 0.15) is 11.3 Å². The molecular weight excluding hydrogens is 304 g/mol. The van der Waals surface area contributed by atoms with Gasteiger partial charge in [0, 0.05) is 23.5 Å². The molecule has 0 radical (unpaired) electrons. The van der Waals surface area contributed by atoms with Gasteiger partial charge in [-0.2, -0.15) is 0 Å². The third-order valence-electron chi connectivity index (χ3n) is 4.04. The second kappa shape index (κ2) is 5.92. The largest absolute Gasteiger partial charge is 0.481 e. The Bertz CT molecular complexity index is 680. The Morgan fingerprint density at radius 3 is 3.00 bits per heavy atom. The van der Waals surface area contributed by atoms with Crippen LogP contribution in [0.15, 0.2) is 28.4 Å². The minimum Gasteiger partial charge on any atom is -0.481 e. The molecule has 0 bridgehead atoms. The number of aromatic nitrogens is 1. The number of nitrogens with zero attached hydrogens (tertiary/aromatic N) is 2. The molecule has 0 aliphatic carbocycles. The van der Waals surface area contributed by atoms with E-state index in [-0.39, 0.29) is 18.4 Å². The average molecular weight is 320 g/mol.